The first-order chi connectivity index (χ1) is 7.69. The van der Waals surface area contributed by atoms with Crippen LogP contribution in [0.15, 0.2) is 18.2 Å². The Morgan fingerprint density at radius 2 is 2.12 bits per heavy atom. The molecule has 0 bridgehead atoms. The Labute approximate surface area is 102 Å². The van der Waals surface area contributed by atoms with Gasteiger partial charge < -0.3 is 5.32 Å². The lowest BCUT2D eigenvalue weighted by Gasteiger charge is -2.19. The van der Waals surface area contributed by atoms with E-state index < -0.39 is 0 Å². The van der Waals surface area contributed by atoms with Crippen molar-refractivity contribution in [1.29, 1.82) is 0 Å². The molecule has 0 saturated heterocycles. The van der Waals surface area contributed by atoms with Crippen LogP contribution in [0.2, 0.25) is 5.02 Å². The molecule has 0 saturated carbocycles. The summed E-state index contributed by atoms with van der Waals surface area (Å²) in [5, 5.41) is 3.90. The maximum absolute atomic E-state index is 12.9. The minimum Gasteiger partial charge on any atom is -0.310 e. The molecule has 1 aromatic carbocycles. The highest BCUT2D eigenvalue weighted by Gasteiger charge is 2.13. The molecule has 16 heavy (non-hydrogen) atoms. The van der Waals surface area contributed by atoms with E-state index >= 15 is 0 Å². The molecule has 0 aliphatic carbocycles. The van der Waals surface area contributed by atoms with Crippen molar-refractivity contribution in [3.8, 4) is 0 Å². The van der Waals surface area contributed by atoms with Gasteiger partial charge >= 0.3 is 0 Å². The van der Waals surface area contributed by atoms with Gasteiger partial charge in [-0.15, -0.1) is 0 Å². The van der Waals surface area contributed by atoms with Gasteiger partial charge in [-0.3, -0.25) is 0 Å². The fourth-order valence-electron chi connectivity index (χ4n) is 1.81. The monoisotopic (exact) mass is 243 g/mol. The molecule has 1 nitrogen and oxygen atoms in total. The van der Waals surface area contributed by atoms with Gasteiger partial charge in [-0.25, -0.2) is 4.39 Å². The maximum Gasteiger partial charge on any atom is 0.124 e. The van der Waals surface area contributed by atoms with E-state index in [2.05, 4.69) is 19.2 Å². The van der Waals surface area contributed by atoms with Gasteiger partial charge in [0.25, 0.3) is 0 Å². The third kappa shape index (κ3) is 3.76. The number of rotatable bonds is 6. The second-order valence-corrected chi connectivity index (χ2v) is 4.33. The average Bonchev–Trinajstić information content (AvgIpc) is 2.25. The van der Waals surface area contributed by atoms with Crippen LogP contribution in [0.5, 0.6) is 0 Å². The highest BCUT2D eigenvalue weighted by atomic mass is 35.5. The lowest BCUT2D eigenvalue weighted by atomic mass is 10.0. The van der Waals surface area contributed by atoms with E-state index in [9.17, 15) is 4.39 Å². The molecule has 90 valence electrons. The van der Waals surface area contributed by atoms with E-state index in [0.29, 0.717) is 5.02 Å². The van der Waals surface area contributed by atoms with Gasteiger partial charge in [0.2, 0.25) is 0 Å². The number of unbranched alkanes of at least 4 members (excludes halogenated alkanes) is 1. The number of halogens is 2. The van der Waals surface area contributed by atoms with Gasteiger partial charge in [0, 0.05) is 11.1 Å². The zero-order valence-electron chi connectivity index (χ0n) is 9.89. The third-order valence-electron chi connectivity index (χ3n) is 2.63. The molecule has 0 heterocycles. The fourth-order valence-corrected chi connectivity index (χ4v) is 2.11. The second kappa shape index (κ2) is 6.87. The highest BCUT2D eigenvalue weighted by molar-refractivity contribution is 6.31. The second-order valence-electron chi connectivity index (χ2n) is 3.92. The van der Waals surface area contributed by atoms with Gasteiger partial charge in [-0.1, -0.05) is 44.4 Å². The summed E-state index contributed by atoms with van der Waals surface area (Å²) < 4.78 is 12.9. The predicted molar refractivity (Wildman–Crippen MR) is 67.4 cm³/mol. The minimum atomic E-state index is -0.278. The first-order valence-electron chi connectivity index (χ1n) is 5.87. The van der Waals surface area contributed by atoms with Crippen LogP contribution in [-0.4, -0.2) is 6.54 Å². The lowest BCUT2D eigenvalue weighted by molar-refractivity contribution is 0.494. The van der Waals surface area contributed by atoms with Gasteiger partial charge in [0.05, 0.1) is 0 Å². The van der Waals surface area contributed by atoms with Crippen LogP contribution in [0.25, 0.3) is 0 Å². The minimum absolute atomic E-state index is 0.234. The maximum atomic E-state index is 12.9. The summed E-state index contributed by atoms with van der Waals surface area (Å²) in [6, 6.07) is 4.86. The largest absolute Gasteiger partial charge is 0.310 e. The Morgan fingerprint density at radius 3 is 2.69 bits per heavy atom. The average molecular weight is 244 g/mol. The molecule has 3 heteroatoms. The van der Waals surface area contributed by atoms with Crippen LogP contribution < -0.4 is 5.32 Å². The van der Waals surface area contributed by atoms with Crippen molar-refractivity contribution in [3.63, 3.8) is 0 Å². The SMILES string of the molecule is CCCCC(NCC)c1ccc(F)cc1Cl. The van der Waals surface area contributed by atoms with Crippen LogP contribution in [-0.2, 0) is 0 Å². The number of nitrogens with one attached hydrogen (secondary N) is 1. The normalized spacial score (nSPS) is 12.8. The van der Waals surface area contributed by atoms with Crippen molar-refractivity contribution >= 4 is 11.6 Å². The highest BCUT2D eigenvalue weighted by Crippen LogP contribution is 2.27. The summed E-state index contributed by atoms with van der Waals surface area (Å²) in [6.45, 7) is 5.12. The molecule has 1 aromatic rings. The Kier molecular flexibility index (Phi) is 5.78. The smallest absolute Gasteiger partial charge is 0.124 e. The Hall–Kier alpha value is -0.600. The Morgan fingerprint density at radius 1 is 1.38 bits per heavy atom. The predicted octanol–water partition coefficient (Wildman–Crippen LogP) is 4.32. The summed E-state index contributed by atoms with van der Waals surface area (Å²) in [7, 11) is 0. The molecule has 0 spiro atoms. The van der Waals surface area contributed by atoms with Crippen LogP contribution >= 0.6 is 11.6 Å². The molecule has 0 aliphatic heterocycles. The Balaban J connectivity index is 2.82. The van der Waals surface area contributed by atoms with E-state index in [4.69, 9.17) is 11.6 Å². The molecular weight excluding hydrogens is 225 g/mol. The Bertz CT molecular complexity index is 328. The van der Waals surface area contributed by atoms with Crippen molar-refractivity contribution in [3.05, 3.63) is 34.6 Å². The van der Waals surface area contributed by atoms with Crippen LogP contribution in [0, 0.1) is 5.82 Å². The van der Waals surface area contributed by atoms with E-state index in [1.165, 1.54) is 12.1 Å². The first kappa shape index (κ1) is 13.5. The molecule has 1 unspecified atom stereocenters. The van der Waals surface area contributed by atoms with E-state index in [-0.39, 0.29) is 11.9 Å². The zero-order valence-corrected chi connectivity index (χ0v) is 10.6. The van der Waals surface area contributed by atoms with Crippen LogP contribution in [0.4, 0.5) is 4.39 Å². The molecule has 0 fully saturated rings. The van der Waals surface area contributed by atoms with E-state index in [0.717, 1.165) is 31.4 Å². The lowest BCUT2D eigenvalue weighted by Crippen LogP contribution is -2.21. The molecule has 1 atom stereocenters. The number of benzene rings is 1. The van der Waals surface area contributed by atoms with Gasteiger partial charge in [0.15, 0.2) is 0 Å². The van der Waals surface area contributed by atoms with Crippen molar-refractivity contribution in [2.24, 2.45) is 0 Å². The number of hydrogen-bond donors (Lipinski definition) is 1. The molecular formula is C13H19ClFN. The van der Waals surface area contributed by atoms with Crippen LogP contribution in [0.1, 0.15) is 44.7 Å². The third-order valence-corrected chi connectivity index (χ3v) is 2.96. The molecule has 1 rings (SSSR count). The van der Waals surface area contributed by atoms with Gasteiger partial charge in [0.1, 0.15) is 5.82 Å². The summed E-state index contributed by atoms with van der Waals surface area (Å²) in [6.07, 6.45) is 3.34. The van der Waals surface area contributed by atoms with Crippen molar-refractivity contribution < 1.29 is 4.39 Å². The summed E-state index contributed by atoms with van der Waals surface area (Å²) >= 11 is 6.06. The summed E-state index contributed by atoms with van der Waals surface area (Å²) in [5.41, 5.74) is 0.998. The quantitative estimate of drug-likeness (QED) is 0.785. The van der Waals surface area contributed by atoms with Gasteiger partial charge in [-0.2, -0.15) is 0 Å². The van der Waals surface area contributed by atoms with E-state index in [1.807, 2.05) is 0 Å². The standard InChI is InChI=1S/C13H19ClFN/c1-3-5-6-13(16-4-2)11-8-7-10(15)9-12(11)14/h7-9,13,16H,3-6H2,1-2H3. The topological polar surface area (TPSA) is 12.0 Å². The van der Waals surface area contributed by atoms with Gasteiger partial charge in [-0.05, 0) is 30.7 Å². The number of hydrogen-bond acceptors (Lipinski definition) is 1. The molecule has 0 aliphatic rings. The summed E-state index contributed by atoms with van der Waals surface area (Å²) in [4.78, 5) is 0. The fraction of sp³-hybridized carbons (Fsp3) is 0.538. The zero-order chi connectivity index (χ0) is 12.0. The van der Waals surface area contributed by atoms with Crippen molar-refractivity contribution in [2.75, 3.05) is 6.54 Å². The molecule has 1 N–H and O–H groups in total. The summed E-state index contributed by atoms with van der Waals surface area (Å²) in [5.74, 6) is -0.278. The van der Waals surface area contributed by atoms with Crippen molar-refractivity contribution in [1.82, 2.24) is 5.32 Å². The molecule has 0 aromatic heterocycles. The van der Waals surface area contributed by atoms with Crippen molar-refractivity contribution in [2.45, 2.75) is 39.2 Å². The van der Waals surface area contributed by atoms with Crippen LogP contribution in [0.3, 0.4) is 0 Å². The molecule has 0 amide bonds. The van der Waals surface area contributed by atoms with E-state index in [1.54, 1.807) is 6.07 Å². The first-order valence-corrected chi connectivity index (χ1v) is 6.25. The molecule has 0 radical (unpaired) electrons.